The average Bonchev–Trinajstić information content (AvgIpc) is 2.90. The molecule has 0 spiro atoms. The molecule has 0 aliphatic carbocycles. The fraction of sp³-hybridized carbons (Fsp3) is 0.429. The Labute approximate surface area is 120 Å². The smallest absolute Gasteiger partial charge is 0.186 e. The third-order valence-corrected chi connectivity index (χ3v) is 4.71. The molecule has 106 valence electrons. The number of carbonyl (C=O) groups is 1. The molecule has 2 heterocycles. The molecule has 1 aromatic heterocycles. The van der Waals surface area contributed by atoms with Gasteiger partial charge in [-0.05, 0) is 25.0 Å². The molecule has 0 bridgehead atoms. The van der Waals surface area contributed by atoms with Crippen LogP contribution in [-0.4, -0.2) is 31.2 Å². The molecule has 1 unspecified atom stereocenters. The molecule has 0 amide bonds. The van der Waals surface area contributed by atoms with Gasteiger partial charge in [-0.1, -0.05) is 11.3 Å². The highest BCUT2D eigenvalue weighted by Gasteiger charge is 2.23. The lowest BCUT2D eigenvalue weighted by Crippen LogP contribution is -2.43. The molecule has 6 heteroatoms. The van der Waals surface area contributed by atoms with E-state index in [1.165, 1.54) is 0 Å². The first kappa shape index (κ1) is 13.2. The zero-order chi connectivity index (χ0) is 14.1. The van der Waals surface area contributed by atoms with E-state index in [4.69, 9.17) is 4.74 Å². The lowest BCUT2D eigenvalue weighted by Gasteiger charge is -2.32. The molecule has 1 aliphatic rings. The van der Waals surface area contributed by atoms with Crippen molar-refractivity contribution in [3.05, 3.63) is 18.2 Å². The SMILES string of the molecule is COc1ccc2sc(N3CCCC(C(=O)[O-])C3)nc2c1. The van der Waals surface area contributed by atoms with Crippen LogP contribution in [0.5, 0.6) is 5.75 Å². The molecule has 0 N–H and O–H groups in total. The number of ether oxygens (including phenoxy) is 1. The van der Waals surface area contributed by atoms with Gasteiger partial charge in [0.2, 0.25) is 0 Å². The highest BCUT2D eigenvalue weighted by molar-refractivity contribution is 7.22. The Kier molecular flexibility index (Phi) is 3.48. The van der Waals surface area contributed by atoms with E-state index in [2.05, 4.69) is 4.98 Å². The number of carboxylic acids is 1. The highest BCUT2D eigenvalue weighted by Crippen LogP contribution is 2.33. The summed E-state index contributed by atoms with van der Waals surface area (Å²) in [7, 11) is 1.63. The predicted molar refractivity (Wildman–Crippen MR) is 76.1 cm³/mol. The molecular weight excluding hydrogens is 276 g/mol. The Morgan fingerprint density at radius 2 is 2.40 bits per heavy atom. The fourth-order valence-corrected chi connectivity index (χ4v) is 3.48. The molecule has 2 aromatic rings. The highest BCUT2D eigenvalue weighted by atomic mass is 32.1. The van der Waals surface area contributed by atoms with Crippen molar-refractivity contribution >= 4 is 32.7 Å². The van der Waals surface area contributed by atoms with E-state index >= 15 is 0 Å². The van der Waals surface area contributed by atoms with Crippen LogP contribution >= 0.6 is 11.3 Å². The van der Waals surface area contributed by atoms with Crippen LogP contribution in [0.3, 0.4) is 0 Å². The Morgan fingerprint density at radius 1 is 1.55 bits per heavy atom. The third kappa shape index (κ3) is 2.43. The van der Waals surface area contributed by atoms with E-state index < -0.39 is 11.9 Å². The van der Waals surface area contributed by atoms with E-state index in [1.54, 1.807) is 18.4 Å². The van der Waals surface area contributed by atoms with Gasteiger partial charge in [-0.15, -0.1) is 0 Å². The lowest BCUT2D eigenvalue weighted by molar-refractivity contribution is -0.311. The first-order valence-electron chi connectivity index (χ1n) is 6.58. The number of benzene rings is 1. The van der Waals surface area contributed by atoms with Gasteiger partial charge in [0.1, 0.15) is 5.75 Å². The molecule has 3 rings (SSSR count). The number of nitrogens with zero attached hydrogens (tertiary/aromatic N) is 2. The number of fused-ring (bicyclic) bond motifs is 1. The first-order chi connectivity index (χ1) is 9.67. The molecule has 1 aliphatic heterocycles. The van der Waals surface area contributed by atoms with Gasteiger partial charge < -0.3 is 19.5 Å². The average molecular weight is 291 g/mol. The number of piperidine rings is 1. The Morgan fingerprint density at radius 3 is 3.15 bits per heavy atom. The van der Waals surface area contributed by atoms with E-state index in [1.807, 2.05) is 23.1 Å². The monoisotopic (exact) mass is 291 g/mol. The molecule has 1 fully saturated rings. The predicted octanol–water partition coefficient (Wildman–Crippen LogP) is 1.27. The van der Waals surface area contributed by atoms with Crippen molar-refractivity contribution < 1.29 is 14.6 Å². The minimum Gasteiger partial charge on any atom is -0.550 e. The van der Waals surface area contributed by atoms with Gasteiger partial charge in [0.25, 0.3) is 0 Å². The summed E-state index contributed by atoms with van der Waals surface area (Å²) in [5.41, 5.74) is 0.889. The number of methoxy groups -OCH3 is 1. The van der Waals surface area contributed by atoms with Crippen molar-refractivity contribution in [1.29, 1.82) is 0 Å². The van der Waals surface area contributed by atoms with Crippen LogP contribution in [0.4, 0.5) is 5.13 Å². The maximum absolute atomic E-state index is 11.0. The molecule has 1 atom stereocenters. The van der Waals surface area contributed by atoms with Crippen molar-refractivity contribution in [2.75, 3.05) is 25.1 Å². The Hall–Kier alpha value is -1.82. The number of aromatic nitrogens is 1. The van der Waals surface area contributed by atoms with Crippen molar-refractivity contribution in [3.63, 3.8) is 0 Å². The summed E-state index contributed by atoms with van der Waals surface area (Å²) in [6.07, 6.45) is 1.55. The van der Waals surface area contributed by atoms with Crippen molar-refractivity contribution in [1.82, 2.24) is 4.98 Å². The second-order valence-corrected chi connectivity index (χ2v) is 5.94. The topological polar surface area (TPSA) is 65.5 Å². The molecule has 20 heavy (non-hydrogen) atoms. The zero-order valence-corrected chi connectivity index (χ0v) is 12.0. The minimum absolute atomic E-state index is 0.398. The summed E-state index contributed by atoms with van der Waals surface area (Å²) in [5, 5.41) is 11.9. The van der Waals surface area contributed by atoms with Crippen LogP contribution in [0.25, 0.3) is 10.2 Å². The van der Waals surface area contributed by atoms with Gasteiger partial charge >= 0.3 is 0 Å². The summed E-state index contributed by atoms with van der Waals surface area (Å²) >= 11 is 1.58. The van der Waals surface area contributed by atoms with E-state index in [9.17, 15) is 9.90 Å². The number of anilines is 1. The molecule has 1 aromatic carbocycles. The van der Waals surface area contributed by atoms with Crippen LogP contribution in [0.15, 0.2) is 18.2 Å². The van der Waals surface area contributed by atoms with E-state index in [0.29, 0.717) is 13.0 Å². The first-order valence-corrected chi connectivity index (χ1v) is 7.39. The van der Waals surface area contributed by atoms with Gasteiger partial charge in [0, 0.05) is 31.0 Å². The number of thiazole rings is 1. The molecule has 0 saturated carbocycles. The lowest BCUT2D eigenvalue weighted by atomic mass is 9.99. The Balaban J connectivity index is 1.88. The van der Waals surface area contributed by atoms with Crippen LogP contribution < -0.4 is 14.7 Å². The maximum atomic E-state index is 11.0. The number of rotatable bonds is 3. The summed E-state index contributed by atoms with van der Waals surface area (Å²) in [5.74, 6) is -0.580. The fourth-order valence-electron chi connectivity index (χ4n) is 2.50. The maximum Gasteiger partial charge on any atom is 0.186 e. The molecule has 1 saturated heterocycles. The minimum atomic E-state index is -0.961. The van der Waals surface area contributed by atoms with E-state index in [-0.39, 0.29) is 0 Å². The summed E-state index contributed by atoms with van der Waals surface area (Å²) < 4.78 is 6.27. The number of hydrogen-bond donors (Lipinski definition) is 0. The van der Waals surface area contributed by atoms with Crippen LogP contribution in [0.2, 0.25) is 0 Å². The van der Waals surface area contributed by atoms with Crippen LogP contribution in [-0.2, 0) is 4.79 Å². The van der Waals surface area contributed by atoms with Gasteiger partial charge in [-0.2, -0.15) is 0 Å². The molecule has 0 radical (unpaired) electrons. The Bertz CT molecular complexity index is 640. The zero-order valence-electron chi connectivity index (χ0n) is 11.2. The van der Waals surface area contributed by atoms with Crippen LogP contribution in [0, 0.1) is 5.92 Å². The summed E-state index contributed by atoms with van der Waals surface area (Å²) in [6, 6.07) is 5.79. The summed E-state index contributed by atoms with van der Waals surface area (Å²) in [6.45, 7) is 1.33. The van der Waals surface area contributed by atoms with E-state index in [0.717, 1.165) is 34.1 Å². The second kappa shape index (κ2) is 5.28. The number of hydrogen-bond acceptors (Lipinski definition) is 6. The van der Waals surface area contributed by atoms with Crippen molar-refractivity contribution in [2.24, 2.45) is 5.92 Å². The number of carboxylic acid groups (broad SMARTS) is 1. The standard InChI is InChI=1S/C14H16N2O3S/c1-19-10-4-5-12-11(7-10)15-14(20-12)16-6-2-3-9(8-16)13(17)18/h4-5,7,9H,2-3,6,8H2,1H3,(H,17,18)/p-1. The number of aliphatic carboxylic acids is 1. The number of carbonyl (C=O) groups excluding carboxylic acids is 1. The van der Waals surface area contributed by atoms with Gasteiger partial charge in [-0.3, -0.25) is 0 Å². The third-order valence-electron chi connectivity index (χ3n) is 3.61. The summed E-state index contributed by atoms with van der Waals surface area (Å²) in [4.78, 5) is 17.6. The van der Waals surface area contributed by atoms with Crippen LogP contribution in [0.1, 0.15) is 12.8 Å². The molecular formula is C14H15N2O3S-. The molecule has 5 nitrogen and oxygen atoms in total. The normalized spacial score (nSPS) is 19.2. The van der Waals surface area contributed by atoms with Gasteiger partial charge in [0.15, 0.2) is 5.13 Å². The largest absolute Gasteiger partial charge is 0.550 e. The van der Waals surface area contributed by atoms with Gasteiger partial charge in [0.05, 0.1) is 17.3 Å². The van der Waals surface area contributed by atoms with Crippen molar-refractivity contribution in [3.8, 4) is 5.75 Å². The second-order valence-electron chi connectivity index (χ2n) is 4.93. The quantitative estimate of drug-likeness (QED) is 0.852. The van der Waals surface area contributed by atoms with Gasteiger partial charge in [-0.25, -0.2) is 4.98 Å². The van der Waals surface area contributed by atoms with Crippen molar-refractivity contribution in [2.45, 2.75) is 12.8 Å².